The lowest BCUT2D eigenvalue weighted by atomic mass is 9.98. The van der Waals surface area contributed by atoms with Crippen LogP contribution in [0.2, 0.25) is 10.2 Å². The van der Waals surface area contributed by atoms with Gasteiger partial charge in [0.25, 0.3) is 5.91 Å². The molecule has 5 nitrogen and oxygen atoms in total. The monoisotopic (exact) mass is 475 g/mol. The summed E-state index contributed by atoms with van der Waals surface area (Å²) in [6, 6.07) is 23.7. The molecule has 164 valence electrons. The molecular weight excluding hydrogens is 457 g/mol. The lowest BCUT2D eigenvalue weighted by molar-refractivity contribution is 0.0711. The standard InChI is InChI=1S/C26H19Cl2N3O2/c1-33-18-12-11-17-13-20(25(28)29-22(17)14-18)24-15-23(19-9-5-6-10-21(19)27)30-31(24)26(32)16-7-3-2-4-8-16/h2-14,24H,15H2,1H3/t24-/m0/s1. The molecule has 1 aliphatic rings. The number of benzene rings is 3. The maximum atomic E-state index is 13.5. The lowest BCUT2D eigenvalue weighted by Gasteiger charge is -2.23. The highest BCUT2D eigenvalue weighted by molar-refractivity contribution is 6.34. The van der Waals surface area contributed by atoms with Crippen molar-refractivity contribution in [1.82, 2.24) is 9.99 Å². The van der Waals surface area contributed by atoms with Crippen LogP contribution < -0.4 is 4.74 Å². The molecule has 4 aromatic rings. The van der Waals surface area contributed by atoms with Gasteiger partial charge >= 0.3 is 0 Å². The zero-order valence-electron chi connectivity index (χ0n) is 17.7. The predicted octanol–water partition coefficient (Wildman–Crippen LogP) is 6.54. The van der Waals surface area contributed by atoms with Gasteiger partial charge < -0.3 is 4.74 Å². The third-order valence-corrected chi connectivity index (χ3v) is 6.32. The Bertz CT molecular complexity index is 1390. The maximum absolute atomic E-state index is 13.5. The molecule has 0 N–H and O–H groups in total. The predicted molar refractivity (Wildman–Crippen MR) is 131 cm³/mol. The lowest BCUT2D eigenvalue weighted by Crippen LogP contribution is -2.27. The first-order chi connectivity index (χ1) is 16.0. The number of pyridine rings is 1. The number of amides is 1. The Hall–Kier alpha value is -3.41. The average molecular weight is 476 g/mol. The summed E-state index contributed by atoms with van der Waals surface area (Å²) in [5.41, 5.74) is 3.50. The van der Waals surface area contributed by atoms with Gasteiger partial charge in [0.05, 0.1) is 24.4 Å². The minimum Gasteiger partial charge on any atom is -0.497 e. The van der Waals surface area contributed by atoms with Gasteiger partial charge in [-0.3, -0.25) is 4.79 Å². The van der Waals surface area contributed by atoms with Crippen LogP contribution in [0.3, 0.4) is 0 Å². The van der Waals surface area contributed by atoms with Crippen molar-refractivity contribution in [2.45, 2.75) is 12.5 Å². The number of halogens is 2. The fourth-order valence-electron chi connectivity index (χ4n) is 4.01. The molecule has 0 saturated carbocycles. The molecular formula is C26H19Cl2N3O2. The third kappa shape index (κ3) is 4.06. The van der Waals surface area contributed by atoms with Gasteiger partial charge in [-0.1, -0.05) is 59.6 Å². The summed E-state index contributed by atoms with van der Waals surface area (Å²) in [6.45, 7) is 0. The normalized spacial score (nSPS) is 15.5. The summed E-state index contributed by atoms with van der Waals surface area (Å²) in [6.07, 6.45) is 0.464. The van der Waals surface area contributed by atoms with E-state index in [1.165, 1.54) is 5.01 Å². The number of rotatable bonds is 4. The molecule has 0 spiro atoms. The van der Waals surface area contributed by atoms with E-state index in [9.17, 15) is 4.79 Å². The van der Waals surface area contributed by atoms with Crippen LogP contribution in [0.5, 0.6) is 5.75 Å². The first-order valence-corrected chi connectivity index (χ1v) is 11.2. The highest BCUT2D eigenvalue weighted by Gasteiger charge is 2.36. The number of ether oxygens (including phenoxy) is 1. The summed E-state index contributed by atoms with van der Waals surface area (Å²) < 4.78 is 5.30. The van der Waals surface area contributed by atoms with Gasteiger partial charge in [-0.2, -0.15) is 5.10 Å². The Balaban J connectivity index is 1.61. The number of fused-ring (bicyclic) bond motifs is 1. The van der Waals surface area contributed by atoms with E-state index in [4.69, 9.17) is 33.0 Å². The molecule has 1 aliphatic heterocycles. The maximum Gasteiger partial charge on any atom is 0.274 e. The van der Waals surface area contributed by atoms with Crippen molar-refractivity contribution in [3.63, 3.8) is 0 Å². The smallest absolute Gasteiger partial charge is 0.274 e. The molecule has 1 aromatic heterocycles. The molecule has 0 aliphatic carbocycles. The molecule has 1 amide bonds. The van der Waals surface area contributed by atoms with E-state index >= 15 is 0 Å². The van der Waals surface area contributed by atoms with Gasteiger partial charge in [-0.15, -0.1) is 0 Å². The molecule has 5 rings (SSSR count). The molecule has 2 heterocycles. The largest absolute Gasteiger partial charge is 0.497 e. The second-order valence-corrected chi connectivity index (χ2v) is 8.45. The van der Waals surface area contributed by atoms with Gasteiger partial charge in [-0.05, 0) is 36.4 Å². The summed E-state index contributed by atoms with van der Waals surface area (Å²) in [4.78, 5) is 18.0. The molecule has 3 aromatic carbocycles. The number of nitrogens with zero attached hydrogens (tertiary/aromatic N) is 3. The fourth-order valence-corrected chi connectivity index (χ4v) is 4.53. The summed E-state index contributed by atoms with van der Waals surface area (Å²) >= 11 is 13.1. The summed E-state index contributed by atoms with van der Waals surface area (Å²) in [5, 5.41) is 8.00. The Kier molecular flexibility index (Phi) is 5.75. The van der Waals surface area contributed by atoms with E-state index < -0.39 is 6.04 Å². The highest BCUT2D eigenvalue weighted by Crippen LogP contribution is 2.39. The molecule has 0 radical (unpaired) electrons. The first kappa shape index (κ1) is 21.4. The zero-order chi connectivity index (χ0) is 22.9. The van der Waals surface area contributed by atoms with E-state index in [1.54, 1.807) is 19.2 Å². The minimum absolute atomic E-state index is 0.214. The van der Waals surface area contributed by atoms with Gasteiger partial charge in [0.15, 0.2) is 0 Å². The van der Waals surface area contributed by atoms with Crippen LogP contribution in [0, 0.1) is 0 Å². The van der Waals surface area contributed by atoms with Crippen molar-refractivity contribution in [3.05, 3.63) is 106 Å². The third-order valence-electron chi connectivity index (χ3n) is 5.69. The Labute approximate surface area is 201 Å². The summed E-state index contributed by atoms with van der Waals surface area (Å²) in [7, 11) is 1.61. The fraction of sp³-hybridized carbons (Fsp3) is 0.115. The Morgan fingerprint density at radius 3 is 2.52 bits per heavy atom. The van der Waals surface area contributed by atoms with Crippen molar-refractivity contribution < 1.29 is 9.53 Å². The second-order valence-electron chi connectivity index (χ2n) is 7.69. The minimum atomic E-state index is -0.421. The highest BCUT2D eigenvalue weighted by atomic mass is 35.5. The van der Waals surface area contributed by atoms with Gasteiger partial charge in [0.2, 0.25) is 0 Å². The van der Waals surface area contributed by atoms with Crippen LogP contribution in [0.15, 0.2) is 84.0 Å². The van der Waals surface area contributed by atoms with E-state index in [1.807, 2.05) is 66.7 Å². The number of methoxy groups -OCH3 is 1. The van der Waals surface area contributed by atoms with Crippen LogP contribution in [-0.4, -0.2) is 28.7 Å². The molecule has 7 heteroatoms. The van der Waals surface area contributed by atoms with Crippen molar-refractivity contribution in [2.75, 3.05) is 7.11 Å². The number of hydrazone groups is 1. The van der Waals surface area contributed by atoms with Crippen molar-refractivity contribution >= 4 is 45.7 Å². The first-order valence-electron chi connectivity index (χ1n) is 10.4. The molecule has 0 unspecified atom stereocenters. The SMILES string of the molecule is COc1ccc2cc([C@@H]3CC(c4ccccc4Cl)=NN3C(=O)c3ccccc3)c(Cl)nc2c1. The average Bonchev–Trinajstić information content (AvgIpc) is 3.28. The topological polar surface area (TPSA) is 54.8 Å². The Morgan fingerprint density at radius 2 is 1.76 bits per heavy atom. The molecule has 0 fully saturated rings. The zero-order valence-corrected chi connectivity index (χ0v) is 19.2. The number of hydrogen-bond donors (Lipinski definition) is 0. The van der Waals surface area contributed by atoms with E-state index in [0.717, 1.165) is 22.2 Å². The van der Waals surface area contributed by atoms with Crippen LogP contribution >= 0.6 is 23.2 Å². The van der Waals surface area contributed by atoms with Crippen LogP contribution in [-0.2, 0) is 0 Å². The second kappa shape index (κ2) is 8.85. The quantitative estimate of drug-likeness (QED) is 0.314. The number of carbonyl (C=O) groups is 1. The number of carbonyl (C=O) groups excluding carboxylic acids is 1. The van der Waals surface area contributed by atoms with Crippen LogP contribution in [0.1, 0.15) is 33.9 Å². The molecule has 33 heavy (non-hydrogen) atoms. The van der Waals surface area contributed by atoms with Crippen LogP contribution in [0.4, 0.5) is 0 Å². The van der Waals surface area contributed by atoms with Crippen molar-refractivity contribution in [3.8, 4) is 5.75 Å². The van der Waals surface area contributed by atoms with E-state index in [-0.39, 0.29) is 5.91 Å². The van der Waals surface area contributed by atoms with E-state index in [0.29, 0.717) is 33.4 Å². The van der Waals surface area contributed by atoms with Gasteiger partial charge in [-0.25, -0.2) is 9.99 Å². The van der Waals surface area contributed by atoms with E-state index in [2.05, 4.69) is 4.98 Å². The number of aromatic nitrogens is 1. The van der Waals surface area contributed by atoms with Crippen molar-refractivity contribution in [1.29, 1.82) is 0 Å². The van der Waals surface area contributed by atoms with Gasteiger partial charge in [0.1, 0.15) is 10.9 Å². The van der Waals surface area contributed by atoms with Crippen molar-refractivity contribution in [2.24, 2.45) is 5.10 Å². The summed E-state index contributed by atoms with van der Waals surface area (Å²) in [5.74, 6) is 0.485. The van der Waals surface area contributed by atoms with Crippen LogP contribution in [0.25, 0.3) is 10.9 Å². The Morgan fingerprint density at radius 1 is 1.00 bits per heavy atom. The molecule has 0 saturated heterocycles. The van der Waals surface area contributed by atoms with Gasteiger partial charge in [0, 0.05) is 39.6 Å². The molecule has 1 atom stereocenters. The molecule has 0 bridgehead atoms. The number of hydrogen-bond acceptors (Lipinski definition) is 4.